The number of halogens is 3. The van der Waals surface area contributed by atoms with Gasteiger partial charge in [0.1, 0.15) is 5.75 Å². The number of rotatable bonds is 5. The average Bonchev–Trinajstić information content (AvgIpc) is 2.35. The zero-order valence-corrected chi connectivity index (χ0v) is 11.2. The third kappa shape index (κ3) is 5.48. The largest absolute Gasteiger partial charge is 0.484 e. The van der Waals surface area contributed by atoms with Gasteiger partial charge in [-0.3, -0.25) is 4.79 Å². The van der Waals surface area contributed by atoms with E-state index < -0.39 is 24.7 Å². The van der Waals surface area contributed by atoms with Crippen LogP contribution in [-0.2, 0) is 4.79 Å². The Balaban J connectivity index is 2.66. The van der Waals surface area contributed by atoms with Crippen LogP contribution in [0.15, 0.2) is 24.3 Å². The van der Waals surface area contributed by atoms with Gasteiger partial charge < -0.3 is 15.8 Å². The molecule has 0 aliphatic rings. The van der Waals surface area contributed by atoms with E-state index in [1.54, 1.807) is 19.9 Å². The molecule has 0 aliphatic heterocycles. The molecule has 4 nitrogen and oxygen atoms in total. The molecule has 1 amide bonds. The molecule has 112 valence electrons. The molecule has 1 aromatic carbocycles. The second-order valence-electron chi connectivity index (χ2n) is 4.69. The van der Waals surface area contributed by atoms with Gasteiger partial charge in [-0.05, 0) is 18.1 Å². The molecule has 0 radical (unpaired) electrons. The number of anilines is 1. The van der Waals surface area contributed by atoms with Crippen molar-refractivity contribution in [1.29, 1.82) is 0 Å². The van der Waals surface area contributed by atoms with Crippen LogP contribution in [0.5, 0.6) is 5.75 Å². The van der Waals surface area contributed by atoms with Crippen molar-refractivity contribution in [2.45, 2.75) is 26.1 Å². The van der Waals surface area contributed by atoms with Crippen LogP contribution in [0.1, 0.15) is 13.8 Å². The van der Waals surface area contributed by atoms with E-state index in [4.69, 9.17) is 5.73 Å². The van der Waals surface area contributed by atoms with Gasteiger partial charge >= 0.3 is 6.18 Å². The molecule has 0 saturated heterocycles. The quantitative estimate of drug-likeness (QED) is 0.876. The van der Waals surface area contributed by atoms with Crippen LogP contribution in [0.4, 0.5) is 18.9 Å². The second-order valence-corrected chi connectivity index (χ2v) is 4.69. The number of carbonyl (C=O) groups is 1. The Kier molecular flexibility index (Phi) is 5.38. The zero-order chi connectivity index (χ0) is 15.3. The van der Waals surface area contributed by atoms with E-state index in [0.29, 0.717) is 5.69 Å². The number of hydrogen-bond acceptors (Lipinski definition) is 3. The highest BCUT2D eigenvalue weighted by molar-refractivity contribution is 5.94. The number of hydrogen-bond donors (Lipinski definition) is 2. The summed E-state index contributed by atoms with van der Waals surface area (Å²) in [6, 6.07) is 5.04. The maximum atomic E-state index is 12.0. The summed E-state index contributed by atoms with van der Waals surface area (Å²) in [6.45, 7) is 2.22. The molecule has 0 spiro atoms. The summed E-state index contributed by atoms with van der Waals surface area (Å²) in [5.74, 6) is -0.411. The summed E-state index contributed by atoms with van der Waals surface area (Å²) in [5, 5.41) is 2.54. The minimum atomic E-state index is -4.40. The second kappa shape index (κ2) is 6.60. The zero-order valence-electron chi connectivity index (χ0n) is 11.2. The van der Waals surface area contributed by atoms with Crippen molar-refractivity contribution in [1.82, 2.24) is 0 Å². The topological polar surface area (TPSA) is 64.4 Å². The SMILES string of the molecule is CC(C)[C@H](N)C(=O)Nc1cccc(OCC(F)(F)F)c1. The maximum Gasteiger partial charge on any atom is 0.422 e. The molecule has 0 fully saturated rings. The van der Waals surface area contributed by atoms with Gasteiger partial charge in [0.2, 0.25) is 5.91 Å². The standard InChI is InChI=1S/C13H17F3N2O2/c1-8(2)11(17)12(19)18-9-4-3-5-10(6-9)20-7-13(14,15)16/h3-6,8,11H,7,17H2,1-2H3,(H,18,19)/t11-/m0/s1. The van der Waals surface area contributed by atoms with Crippen LogP contribution in [-0.4, -0.2) is 24.7 Å². The molecule has 0 saturated carbocycles. The Hall–Kier alpha value is -1.76. The minimum Gasteiger partial charge on any atom is -0.484 e. The van der Waals surface area contributed by atoms with Gasteiger partial charge in [0.25, 0.3) is 0 Å². The van der Waals surface area contributed by atoms with E-state index in [0.717, 1.165) is 0 Å². The van der Waals surface area contributed by atoms with Crippen molar-refractivity contribution in [3.63, 3.8) is 0 Å². The summed E-state index contributed by atoms with van der Waals surface area (Å²) >= 11 is 0. The van der Waals surface area contributed by atoms with Crippen molar-refractivity contribution in [2.24, 2.45) is 11.7 Å². The summed E-state index contributed by atoms with van der Waals surface area (Å²) < 4.78 is 40.7. The third-order valence-corrected chi connectivity index (χ3v) is 2.53. The molecule has 20 heavy (non-hydrogen) atoms. The predicted molar refractivity (Wildman–Crippen MR) is 69.4 cm³/mol. The summed E-state index contributed by atoms with van der Waals surface area (Å²) in [6.07, 6.45) is -4.40. The van der Waals surface area contributed by atoms with Crippen LogP contribution in [0.3, 0.4) is 0 Å². The molecular weight excluding hydrogens is 273 g/mol. The van der Waals surface area contributed by atoms with E-state index in [1.807, 2.05) is 0 Å². The van der Waals surface area contributed by atoms with Crippen molar-refractivity contribution in [2.75, 3.05) is 11.9 Å². The minimum absolute atomic E-state index is 0.0262. The van der Waals surface area contributed by atoms with Gasteiger partial charge in [0.05, 0.1) is 6.04 Å². The van der Waals surface area contributed by atoms with E-state index in [9.17, 15) is 18.0 Å². The molecular formula is C13H17F3N2O2. The van der Waals surface area contributed by atoms with Crippen LogP contribution in [0.25, 0.3) is 0 Å². The van der Waals surface area contributed by atoms with Gasteiger partial charge in [0.15, 0.2) is 6.61 Å². The highest BCUT2D eigenvalue weighted by atomic mass is 19.4. The normalized spacial score (nSPS) is 13.2. The van der Waals surface area contributed by atoms with Gasteiger partial charge in [0, 0.05) is 11.8 Å². The Morgan fingerprint density at radius 1 is 1.40 bits per heavy atom. The van der Waals surface area contributed by atoms with Crippen LogP contribution >= 0.6 is 0 Å². The van der Waals surface area contributed by atoms with Gasteiger partial charge in [-0.25, -0.2) is 0 Å². The Morgan fingerprint density at radius 3 is 2.60 bits per heavy atom. The average molecular weight is 290 g/mol. The number of benzene rings is 1. The molecule has 1 atom stereocenters. The molecule has 0 heterocycles. The van der Waals surface area contributed by atoms with E-state index in [2.05, 4.69) is 10.1 Å². The van der Waals surface area contributed by atoms with Gasteiger partial charge in [-0.1, -0.05) is 19.9 Å². The predicted octanol–water partition coefficient (Wildman–Crippen LogP) is 2.55. The monoisotopic (exact) mass is 290 g/mol. The number of nitrogens with two attached hydrogens (primary N) is 1. The lowest BCUT2D eigenvalue weighted by Crippen LogP contribution is -2.39. The fraction of sp³-hybridized carbons (Fsp3) is 0.462. The van der Waals surface area contributed by atoms with Crippen LogP contribution < -0.4 is 15.8 Å². The highest BCUT2D eigenvalue weighted by Gasteiger charge is 2.28. The molecule has 1 rings (SSSR count). The number of amides is 1. The fourth-order valence-corrected chi connectivity index (χ4v) is 1.36. The fourth-order valence-electron chi connectivity index (χ4n) is 1.36. The van der Waals surface area contributed by atoms with Crippen LogP contribution in [0, 0.1) is 5.92 Å². The first-order chi connectivity index (χ1) is 9.19. The van der Waals surface area contributed by atoms with Crippen molar-refractivity contribution >= 4 is 11.6 Å². The molecule has 0 bridgehead atoms. The van der Waals surface area contributed by atoms with Crippen molar-refractivity contribution < 1.29 is 22.7 Å². The first-order valence-corrected chi connectivity index (χ1v) is 6.05. The Morgan fingerprint density at radius 2 is 2.05 bits per heavy atom. The lowest BCUT2D eigenvalue weighted by molar-refractivity contribution is -0.153. The first kappa shape index (κ1) is 16.3. The molecule has 0 aromatic heterocycles. The first-order valence-electron chi connectivity index (χ1n) is 6.05. The lowest BCUT2D eigenvalue weighted by Gasteiger charge is -2.16. The molecule has 3 N–H and O–H groups in total. The van der Waals surface area contributed by atoms with E-state index >= 15 is 0 Å². The van der Waals surface area contributed by atoms with E-state index in [-0.39, 0.29) is 11.7 Å². The van der Waals surface area contributed by atoms with E-state index in [1.165, 1.54) is 18.2 Å². The number of nitrogens with one attached hydrogen (secondary N) is 1. The van der Waals surface area contributed by atoms with Gasteiger partial charge in [-0.2, -0.15) is 13.2 Å². The number of ether oxygens (including phenoxy) is 1. The van der Waals surface area contributed by atoms with Crippen molar-refractivity contribution in [3.8, 4) is 5.75 Å². The summed E-state index contributed by atoms with van der Waals surface area (Å²) in [5.41, 5.74) is 6.01. The molecule has 1 aromatic rings. The summed E-state index contributed by atoms with van der Waals surface area (Å²) in [4.78, 5) is 11.7. The van der Waals surface area contributed by atoms with Gasteiger partial charge in [-0.15, -0.1) is 0 Å². The third-order valence-electron chi connectivity index (χ3n) is 2.53. The maximum absolute atomic E-state index is 12.0. The molecule has 7 heteroatoms. The Labute approximate surface area is 115 Å². The summed E-state index contributed by atoms with van der Waals surface area (Å²) in [7, 11) is 0. The van der Waals surface area contributed by atoms with Crippen LogP contribution in [0.2, 0.25) is 0 Å². The smallest absolute Gasteiger partial charge is 0.422 e. The molecule has 0 aliphatic carbocycles. The van der Waals surface area contributed by atoms with Crippen molar-refractivity contribution in [3.05, 3.63) is 24.3 Å². The number of alkyl halides is 3. The Bertz CT molecular complexity index is 461. The molecule has 0 unspecified atom stereocenters. The highest BCUT2D eigenvalue weighted by Crippen LogP contribution is 2.21. The number of carbonyl (C=O) groups excluding carboxylic acids is 1. The lowest BCUT2D eigenvalue weighted by atomic mass is 10.0.